The maximum Gasteiger partial charge on any atom is 0.253 e. The Morgan fingerprint density at radius 1 is 1.24 bits per heavy atom. The van der Waals surface area contributed by atoms with Gasteiger partial charge >= 0.3 is 0 Å². The summed E-state index contributed by atoms with van der Waals surface area (Å²) in [5.74, 6) is 1.62. The number of carbonyl (C=O) groups excluding carboxylic acids is 2. The summed E-state index contributed by atoms with van der Waals surface area (Å²) >= 11 is 3.38. The quantitative estimate of drug-likeness (QED) is 0.635. The molecular weight excluding hydrogens is 436 g/mol. The highest BCUT2D eigenvalue weighted by molar-refractivity contribution is 9.10. The van der Waals surface area contributed by atoms with Crippen molar-refractivity contribution < 1.29 is 14.1 Å². The second-order valence-electron chi connectivity index (χ2n) is 7.67. The molecule has 2 aromatic rings. The molecule has 1 aliphatic heterocycles. The number of carbonyl (C=O) groups is 2. The van der Waals surface area contributed by atoms with Crippen LogP contribution < -0.4 is 5.32 Å². The number of hydrogen-bond acceptors (Lipinski definition) is 5. The third-order valence-electron chi connectivity index (χ3n) is 5.11. The van der Waals surface area contributed by atoms with Crippen molar-refractivity contribution in [3.05, 3.63) is 46.0 Å². The van der Waals surface area contributed by atoms with Crippen LogP contribution >= 0.6 is 15.9 Å². The first-order valence-electron chi connectivity index (χ1n) is 10.1. The van der Waals surface area contributed by atoms with Crippen molar-refractivity contribution in [2.45, 2.75) is 45.4 Å². The number of hydrogen-bond donors (Lipinski definition) is 1. The number of aromatic nitrogens is 2. The van der Waals surface area contributed by atoms with Gasteiger partial charge in [0.05, 0.1) is 0 Å². The molecule has 0 spiro atoms. The number of halogens is 1. The molecule has 8 heteroatoms. The summed E-state index contributed by atoms with van der Waals surface area (Å²) < 4.78 is 6.16. The summed E-state index contributed by atoms with van der Waals surface area (Å²) in [6, 6.07) is 7.37. The van der Waals surface area contributed by atoms with Crippen molar-refractivity contribution in [1.29, 1.82) is 0 Å². The lowest BCUT2D eigenvalue weighted by atomic mass is 9.95. The number of nitrogens with one attached hydrogen (secondary N) is 1. The van der Waals surface area contributed by atoms with Gasteiger partial charge in [-0.25, -0.2) is 0 Å². The van der Waals surface area contributed by atoms with E-state index in [-0.39, 0.29) is 23.7 Å². The Bertz CT molecular complexity index is 827. The molecule has 0 radical (unpaired) electrons. The first kappa shape index (κ1) is 21.5. The summed E-state index contributed by atoms with van der Waals surface area (Å²) in [5.41, 5.74) is 0.678. The van der Waals surface area contributed by atoms with E-state index in [2.05, 4.69) is 31.4 Å². The van der Waals surface area contributed by atoms with Crippen LogP contribution in [0.25, 0.3) is 0 Å². The molecule has 29 heavy (non-hydrogen) atoms. The van der Waals surface area contributed by atoms with Gasteiger partial charge in [-0.1, -0.05) is 34.9 Å². The fraction of sp³-hybridized carbons (Fsp3) is 0.524. The molecule has 1 saturated heterocycles. The van der Waals surface area contributed by atoms with E-state index >= 15 is 0 Å². The largest absolute Gasteiger partial charge is 0.356 e. The van der Waals surface area contributed by atoms with Crippen LogP contribution in [0.5, 0.6) is 0 Å². The lowest BCUT2D eigenvalue weighted by Crippen LogP contribution is -2.43. The van der Waals surface area contributed by atoms with Crippen molar-refractivity contribution in [2.24, 2.45) is 5.92 Å². The van der Waals surface area contributed by atoms with E-state index in [4.69, 9.17) is 4.52 Å². The van der Waals surface area contributed by atoms with Crippen LogP contribution in [0.4, 0.5) is 0 Å². The van der Waals surface area contributed by atoms with Gasteiger partial charge in [-0.2, -0.15) is 4.98 Å². The van der Waals surface area contributed by atoms with Gasteiger partial charge in [0.2, 0.25) is 11.8 Å². The summed E-state index contributed by atoms with van der Waals surface area (Å²) in [4.78, 5) is 31.2. The molecule has 0 unspecified atom stereocenters. The maximum atomic E-state index is 12.6. The summed E-state index contributed by atoms with van der Waals surface area (Å²) in [6.07, 6.45) is 2.79. The molecule has 3 rings (SSSR count). The van der Waals surface area contributed by atoms with E-state index in [0.29, 0.717) is 56.2 Å². The lowest BCUT2D eigenvalue weighted by molar-refractivity contribution is -0.126. The first-order chi connectivity index (χ1) is 13.9. The van der Waals surface area contributed by atoms with Crippen LogP contribution in [-0.2, 0) is 11.2 Å². The van der Waals surface area contributed by atoms with Gasteiger partial charge in [0.1, 0.15) is 0 Å². The molecule has 1 aromatic heterocycles. The predicted molar refractivity (Wildman–Crippen MR) is 112 cm³/mol. The van der Waals surface area contributed by atoms with Gasteiger partial charge in [-0.15, -0.1) is 0 Å². The fourth-order valence-electron chi connectivity index (χ4n) is 3.32. The van der Waals surface area contributed by atoms with Crippen LogP contribution in [-0.4, -0.2) is 46.5 Å². The lowest BCUT2D eigenvalue weighted by Gasteiger charge is -2.31. The fourth-order valence-corrected chi connectivity index (χ4v) is 3.58. The van der Waals surface area contributed by atoms with Gasteiger partial charge in [0, 0.05) is 47.9 Å². The minimum Gasteiger partial charge on any atom is -0.356 e. The molecule has 0 saturated carbocycles. The molecule has 1 fully saturated rings. The molecule has 0 aliphatic carbocycles. The van der Waals surface area contributed by atoms with Crippen molar-refractivity contribution in [3.63, 3.8) is 0 Å². The summed E-state index contributed by atoms with van der Waals surface area (Å²) in [5, 5.41) is 6.94. The van der Waals surface area contributed by atoms with Crippen LogP contribution in [0.15, 0.2) is 33.3 Å². The third-order valence-corrected chi connectivity index (χ3v) is 5.64. The zero-order valence-electron chi connectivity index (χ0n) is 16.9. The zero-order valence-corrected chi connectivity index (χ0v) is 18.4. The summed E-state index contributed by atoms with van der Waals surface area (Å²) in [6.45, 7) is 5.83. The van der Waals surface area contributed by atoms with E-state index in [0.717, 1.165) is 10.9 Å². The number of amides is 2. The minimum atomic E-state index is -0.0417. The highest BCUT2D eigenvalue weighted by atomic mass is 79.9. The Morgan fingerprint density at radius 2 is 1.93 bits per heavy atom. The van der Waals surface area contributed by atoms with Crippen molar-refractivity contribution >= 4 is 27.7 Å². The van der Waals surface area contributed by atoms with Gasteiger partial charge < -0.3 is 14.7 Å². The van der Waals surface area contributed by atoms with E-state index < -0.39 is 0 Å². The Kier molecular flexibility index (Phi) is 7.41. The van der Waals surface area contributed by atoms with Crippen LogP contribution in [0.1, 0.15) is 61.1 Å². The Hall–Kier alpha value is -2.22. The van der Waals surface area contributed by atoms with Gasteiger partial charge in [-0.05, 0) is 43.5 Å². The number of aryl methyl sites for hydroxylation is 1. The van der Waals surface area contributed by atoms with Gasteiger partial charge in [0.25, 0.3) is 5.91 Å². The molecule has 0 bridgehead atoms. The number of benzene rings is 1. The molecule has 0 atom stereocenters. The summed E-state index contributed by atoms with van der Waals surface area (Å²) in [7, 11) is 0. The van der Waals surface area contributed by atoms with Gasteiger partial charge in [-0.3, -0.25) is 9.59 Å². The van der Waals surface area contributed by atoms with Crippen molar-refractivity contribution in [3.8, 4) is 0 Å². The van der Waals surface area contributed by atoms with Crippen molar-refractivity contribution in [2.75, 3.05) is 19.6 Å². The van der Waals surface area contributed by atoms with E-state index in [1.54, 1.807) is 0 Å². The zero-order chi connectivity index (χ0) is 20.8. The number of nitrogens with zero attached hydrogens (tertiary/aromatic N) is 3. The predicted octanol–water partition coefficient (Wildman–Crippen LogP) is 3.56. The highest BCUT2D eigenvalue weighted by Gasteiger charge is 2.27. The van der Waals surface area contributed by atoms with E-state index in [1.807, 2.05) is 43.0 Å². The topological polar surface area (TPSA) is 88.3 Å². The average molecular weight is 463 g/mol. The molecule has 1 N–H and O–H groups in total. The second kappa shape index (κ2) is 10.0. The molecule has 1 aliphatic rings. The van der Waals surface area contributed by atoms with Gasteiger partial charge in [0.15, 0.2) is 5.82 Å². The number of rotatable bonds is 7. The molecular formula is C21H27BrN4O3. The SMILES string of the molecule is CC(C)c1noc(CCCNC(=O)C2CCN(C(=O)c3ccc(Br)cc3)CC2)n1. The Morgan fingerprint density at radius 3 is 2.55 bits per heavy atom. The average Bonchev–Trinajstić information content (AvgIpc) is 3.20. The van der Waals surface area contributed by atoms with Crippen molar-refractivity contribution in [1.82, 2.24) is 20.4 Å². The van der Waals surface area contributed by atoms with Crippen LogP contribution in [0.3, 0.4) is 0 Å². The van der Waals surface area contributed by atoms with Crippen LogP contribution in [0.2, 0.25) is 0 Å². The molecule has 2 amide bonds. The Labute approximate surface area is 179 Å². The number of piperidine rings is 1. The standard InChI is InChI=1S/C21H27BrN4O3/c1-14(2)19-24-18(29-25-19)4-3-11-23-20(27)15-9-12-26(13-10-15)21(28)16-5-7-17(22)8-6-16/h5-8,14-15H,3-4,9-13H2,1-2H3,(H,23,27). The molecule has 156 valence electrons. The first-order valence-corrected chi connectivity index (χ1v) is 10.9. The smallest absolute Gasteiger partial charge is 0.253 e. The monoisotopic (exact) mass is 462 g/mol. The normalized spacial score (nSPS) is 15.0. The van der Waals surface area contributed by atoms with E-state index in [1.165, 1.54) is 0 Å². The third kappa shape index (κ3) is 5.88. The Balaban J connectivity index is 1.37. The van der Waals surface area contributed by atoms with E-state index in [9.17, 15) is 9.59 Å². The molecule has 2 heterocycles. The van der Waals surface area contributed by atoms with Crippen LogP contribution in [0, 0.1) is 5.92 Å². The number of likely N-dealkylation sites (tertiary alicyclic amines) is 1. The second-order valence-corrected chi connectivity index (χ2v) is 8.58. The minimum absolute atomic E-state index is 0.0247. The molecule has 7 nitrogen and oxygen atoms in total. The highest BCUT2D eigenvalue weighted by Crippen LogP contribution is 2.20. The maximum absolute atomic E-state index is 12.6. The molecule has 1 aromatic carbocycles.